The maximum absolute atomic E-state index is 12.1. The summed E-state index contributed by atoms with van der Waals surface area (Å²) < 4.78 is 27.4. The van der Waals surface area contributed by atoms with E-state index in [-0.39, 0.29) is 15.5 Å². The summed E-state index contributed by atoms with van der Waals surface area (Å²) in [6.45, 7) is 1.65. The van der Waals surface area contributed by atoms with Crippen LogP contribution in [0.25, 0.3) is 0 Å². The van der Waals surface area contributed by atoms with Crippen molar-refractivity contribution in [2.45, 2.75) is 11.1 Å². The number of thiophene rings is 1. The van der Waals surface area contributed by atoms with Gasteiger partial charge in [0.1, 0.15) is 4.21 Å². The zero-order chi connectivity index (χ0) is 14.9. The molecule has 0 aliphatic rings. The number of hydrogen-bond donors (Lipinski definition) is 2. The Hall–Kier alpha value is -1.38. The zero-order valence-electron chi connectivity index (χ0n) is 10.3. The fraction of sp³-hybridized carbons (Fsp3) is 0.0833. The number of aryl methyl sites for hydroxylation is 1. The molecule has 0 bridgehead atoms. The molecule has 2 aromatic rings. The normalized spacial score (nSPS) is 11.3. The number of nitrogens with one attached hydrogen (secondary N) is 1. The van der Waals surface area contributed by atoms with Crippen LogP contribution >= 0.6 is 27.3 Å². The Balaban J connectivity index is 2.35. The molecule has 1 aromatic heterocycles. The Labute approximate surface area is 128 Å². The van der Waals surface area contributed by atoms with Crippen LogP contribution in [0.3, 0.4) is 0 Å². The van der Waals surface area contributed by atoms with Gasteiger partial charge in [0.2, 0.25) is 0 Å². The second kappa shape index (κ2) is 5.55. The summed E-state index contributed by atoms with van der Waals surface area (Å²) in [6, 6.07) is 7.51. The lowest BCUT2D eigenvalue weighted by atomic mass is 10.1. The summed E-state index contributed by atoms with van der Waals surface area (Å²) in [7, 11) is -3.70. The Morgan fingerprint density at radius 2 is 2.00 bits per heavy atom. The molecule has 0 atom stereocenters. The molecule has 20 heavy (non-hydrogen) atoms. The molecule has 0 amide bonds. The van der Waals surface area contributed by atoms with Crippen LogP contribution in [0.15, 0.2) is 38.3 Å². The maximum Gasteiger partial charge on any atom is 0.336 e. The molecule has 2 N–H and O–H groups in total. The molecule has 8 heteroatoms. The quantitative estimate of drug-likeness (QED) is 0.858. The van der Waals surface area contributed by atoms with Crippen molar-refractivity contribution < 1.29 is 18.3 Å². The Bertz CT molecular complexity index is 768. The molecule has 106 valence electrons. The molecule has 0 saturated heterocycles. The molecule has 1 heterocycles. The Morgan fingerprint density at radius 3 is 2.55 bits per heavy atom. The summed E-state index contributed by atoms with van der Waals surface area (Å²) in [5.41, 5.74) is 0.856. The van der Waals surface area contributed by atoms with E-state index in [1.54, 1.807) is 19.1 Å². The predicted octanol–water partition coefficient (Wildman–Crippen LogP) is 3.32. The number of anilines is 1. The zero-order valence-corrected chi connectivity index (χ0v) is 13.5. The minimum absolute atomic E-state index is 0.0672. The van der Waals surface area contributed by atoms with Crippen molar-refractivity contribution in [3.63, 3.8) is 0 Å². The number of carboxylic acids is 1. The lowest BCUT2D eigenvalue weighted by Crippen LogP contribution is -2.12. The highest BCUT2D eigenvalue weighted by Gasteiger charge is 2.17. The lowest BCUT2D eigenvalue weighted by molar-refractivity contribution is 0.0696. The van der Waals surface area contributed by atoms with Gasteiger partial charge in [-0.15, -0.1) is 11.3 Å². The van der Waals surface area contributed by atoms with E-state index in [4.69, 9.17) is 5.11 Å². The molecular formula is C12H10BrNO4S2. The van der Waals surface area contributed by atoms with E-state index in [1.165, 1.54) is 18.2 Å². The number of aromatic carboxylic acids is 1. The van der Waals surface area contributed by atoms with Gasteiger partial charge in [0.25, 0.3) is 10.0 Å². The monoisotopic (exact) mass is 375 g/mol. The predicted molar refractivity (Wildman–Crippen MR) is 81.0 cm³/mol. The molecular weight excluding hydrogens is 366 g/mol. The summed E-state index contributed by atoms with van der Waals surface area (Å²) in [5, 5.41) is 9.03. The molecule has 0 saturated carbocycles. The first kappa shape index (κ1) is 15.0. The number of halogens is 1. The standard InChI is InChI=1S/C12H10BrNO4S2/c1-7-2-3-8(6-9(7)12(15)16)14-20(17,18)11-5-4-10(13)19-11/h2-6,14H,1H3,(H,15,16). The third kappa shape index (κ3) is 3.20. The van der Waals surface area contributed by atoms with Crippen LogP contribution in [0.4, 0.5) is 5.69 Å². The molecule has 0 fully saturated rings. The van der Waals surface area contributed by atoms with E-state index in [0.717, 1.165) is 11.3 Å². The smallest absolute Gasteiger partial charge is 0.336 e. The van der Waals surface area contributed by atoms with Crippen LogP contribution in [-0.2, 0) is 10.0 Å². The SMILES string of the molecule is Cc1ccc(NS(=O)(=O)c2ccc(Br)s2)cc1C(=O)O. The molecule has 0 radical (unpaired) electrons. The number of benzene rings is 1. The van der Waals surface area contributed by atoms with Crippen LogP contribution in [0.1, 0.15) is 15.9 Å². The summed E-state index contributed by atoms with van der Waals surface area (Å²) >= 11 is 4.28. The van der Waals surface area contributed by atoms with E-state index in [1.807, 2.05) is 0 Å². The van der Waals surface area contributed by atoms with Crippen LogP contribution in [0, 0.1) is 6.92 Å². The van der Waals surface area contributed by atoms with E-state index >= 15 is 0 Å². The molecule has 0 spiro atoms. The van der Waals surface area contributed by atoms with Gasteiger partial charge in [-0.3, -0.25) is 4.72 Å². The highest BCUT2D eigenvalue weighted by Crippen LogP contribution is 2.28. The van der Waals surface area contributed by atoms with E-state index in [0.29, 0.717) is 9.35 Å². The van der Waals surface area contributed by atoms with Crippen molar-refractivity contribution in [2.24, 2.45) is 0 Å². The molecule has 5 nitrogen and oxygen atoms in total. The van der Waals surface area contributed by atoms with Crippen molar-refractivity contribution in [3.8, 4) is 0 Å². The van der Waals surface area contributed by atoms with Gasteiger partial charge in [-0.25, -0.2) is 13.2 Å². The first-order valence-corrected chi connectivity index (χ1v) is 8.51. The molecule has 0 aliphatic heterocycles. The van der Waals surface area contributed by atoms with Crippen LogP contribution in [0.2, 0.25) is 0 Å². The summed E-state index contributed by atoms with van der Waals surface area (Å²) in [4.78, 5) is 11.0. The number of carbonyl (C=O) groups is 1. The van der Waals surface area contributed by atoms with E-state index in [9.17, 15) is 13.2 Å². The summed E-state index contributed by atoms with van der Waals surface area (Å²) in [5.74, 6) is -1.09. The van der Waals surface area contributed by atoms with Gasteiger partial charge in [0.05, 0.1) is 9.35 Å². The van der Waals surface area contributed by atoms with Gasteiger partial charge in [-0.1, -0.05) is 6.07 Å². The lowest BCUT2D eigenvalue weighted by Gasteiger charge is -2.08. The first-order chi connectivity index (χ1) is 9.29. The van der Waals surface area contributed by atoms with Gasteiger partial charge in [-0.2, -0.15) is 0 Å². The largest absolute Gasteiger partial charge is 0.478 e. The fourth-order valence-electron chi connectivity index (χ4n) is 1.56. The van der Waals surface area contributed by atoms with Gasteiger partial charge in [0, 0.05) is 5.69 Å². The molecule has 1 aromatic carbocycles. The van der Waals surface area contributed by atoms with E-state index in [2.05, 4.69) is 20.7 Å². The Morgan fingerprint density at radius 1 is 1.30 bits per heavy atom. The summed E-state index contributed by atoms with van der Waals surface area (Å²) in [6.07, 6.45) is 0. The van der Waals surface area contributed by atoms with Crippen molar-refractivity contribution in [1.82, 2.24) is 0 Å². The van der Waals surface area contributed by atoms with Crippen LogP contribution < -0.4 is 4.72 Å². The van der Waals surface area contributed by atoms with E-state index < -0.39 is 16.0 Å². The van der Waals surface area contributed by atoms with Gasteiger partial charge in [-0.05, 0) is 52.7 Å². The third-order valence-electron chi connectivity index (χ3n) is 2.53. The number of hydrogen-bond acceptors (Lipinski definition) is 4. The molecule has 0 unspecified atom stereocenters. The van der Waals surface area contributed by atoms with Gasteiger partial charge >= 0.3 is 5.97 Å². The number of rotatable bonds is 4. The second-order valence-corrected chi connectivity index (χ2v) is 8.37. The average Bonchev–Trinajstić information content (AvgIpc) is 2.78. The van der Waals surface area contributed by atoms with Crippen molar-refractivity contribution in [2.75, 3.05) is 4.72 Å². The maximum atomic E-state index is 12.1. The van der Waals surface area contributed by atoms with Crippen molar-refractivity contribution in [3.05, 3.63) is 45.2 Å². The number of sulfonamides is 1. The highest BCUT2D eigenvalue weighted by atomic mass is 79.9. The van der Waals surface area contributed by atoms with Crippen molar-refractivity contribution >= 4 is 48.9 Å². The van der Waals surface area contributed by atoms with Gasteiger partial charge in [0.15, 0.2) is 0 Å². The fourth-order valence-corrected chi connectivity index (χ4v) is 4.62. The number of carboxylic acid groups (broad SMARTS) is 1. The second-order valence-electron chi connectivity index (χ2n) is 4.00. The highest BCUT2D eigenvalue weighted by molar-refractivity contribution is 9.11. The van der Waals surface area contributed by atoms with Crippen LogP contribution in [0.5, 0.6) is 0 Å². The molecule has 0 aliphatic carbocycles. The van der Waals surface area contributed by atoms with Crippen molar-refractivity contribution in [1.29, 1.82) is 0 Å². The third-order valence-corrected chi connectivity index (χ3v) is 6.03. The topological polar surface area (TPSA) is 83.5 Å². The van der Waals surface area contributed by atoms with Gasteiger partial charge < -0.3 is 5.11 Å². The minimum atomic E-state index is -3.70. The Kier molecular flexibility index (Phi) is 4.17. The van der Waals surface area contributed by atoms with Crippen LogP contribution in [-0.4, -0.2) is 19.5 Å². The molecule has 2 rings (SSSR count). The average molecular weight is 376 g/mol. The first-order valence-electron chi connectivity index (χ1n) is 5.42. The minimum Gasteiger partial charge on any atom is -0.478 e.